The molecule has 0 aliphatic rings. The van der Waals surface area contributed by atoms with Gasteiger partial charge in [0.05, 0.1) is 22.6 Å². The molecule has 1 N–H and O–H groups in total. The van der Waals surface area contributed by atoms with E-state index < -0.39 is 0 Å². The van der Waals surface area contributed by atoms with Crippen molar-refractivity contribution in [1.29, 1.82) is 0 Å². The lowest BCUT2D eigenvalue weighted by molar-refractivity contribution is 0.0932. The zero-order chi connectivity index (χ0) is 18.6. The number of para-hydroxylation sites is 1. The van der Waals surface area contributed by atoms with Crippen LogP contribution in [-0.4, -0.2) is 26.5 Å². The van der Waals surface area contributed by atoms with Crippen LogP contribution >= 0.6 is 11.3 Å². The summed E-state index contributed by atoms with van der Waals surface area (Å²) < 4.78 is 3.02. The number of rotatable bonds is 6. The Kier molecular flexibility index (Phi) is 4.98. The first kappa shape index (κ1) is 17.4. The van der Waals surface area contributed by atoms with Gasteiger partial charge in [0.2, 0.25) is 0 Å². The summed E-state index contributed by atoms with van der Waals surface area (Å²) in [6, 6.07) is 16.1. The molecule has 2 aromatic carbocycles. The summed E-state index contributed by atoms with van der Waals surface area (Å²) in [6.45, 7) is 2.67. The minimum atomic E-state index is -0.128. The molecule has 6 heteroatoms. The number of nitrogens with one attached hydrogen (secondary N) is 1. The SMILES string of the molecule is Cc1cccc2sc(C(=O)NC(Cc3ccccc3)Cn3ccnc3)nc12. The molecule has 4 rings (SSSR count). The Hall–Kier alpha value is -2.99. The van der Waals surface area contributed by atoms with E-state index in [4.69, 9.17) is 0 Å². The molecule has 0 aliphatic carbocycles. The smallest absolute Gasteiger partial charge is 0.280 e. The lowest BCUT2D eigenvalue weighted by Crippen LogP contribution is -2.39. The van der Waals surface area contributed by atoms with E-state index in [-0.39, 0.29) is 11.9 Å². The summed E-state index contributed by atoms with van der Waals surface area (Å²) in [7, 11) is 0. The molecule has 0 spiro atoms. The van der Waals surface area contributed by atoms with E-state index in [1.54, 1.807) is 12.5 Å². The van der Waals surface area contributed by atoms with Gasteiger partial charge in [-0.1, -0.05) is 42.5 Å². The summed E-state index contributed by atoms with van der Waals surface area (Å²) in [4.78, 5) is 21.5. The van der Waals surface area contributed by atoms with Gasteiger partial charge in [-0.05, 0) is 30.5 Å². The summed E-state index contributed by atoms with van der Waals surface area (Å²) in [5, 5.41) is 3.66. The topological polar surface area (TPSA) is 59.8 Å². The van der Waals surface area contributed by atoms with Crippen molar-refractivity contribution in [1.82, 2.24) is 19.9 Å². The Balaban J connectivity index is 1.55. The maximum absolute atomic E-state index is 12.9. The van der Waals surface area contributed by atoms with Crippen molar-refractivity contribution in [3.8, 4) is 0 Å². The van der Waals surface area contributed by atoms with Crippen LogP contribution in [0.1, 0.15) is 20.9 Å². The molecule has 27 heavy (non-hydrogen) atoms. The van der Waals surface area contributed by atoms with E-state index in [2.05, 4.69) is 27.4 Å². The number of fused-ring (bicyclic) bond motifs is 1. The summed E-state index contributed by atoms with van der Waals surface area (Å²) in [5.74, 6) is -0.128. The third kappa shape index (κ3) is 4.06. The molecule has 2 heterocycles. The summed E-state index contributed by atoms with van der Waals surface area (Å²) in [5.41, 5.74) is 3.17. The van der Waals surface area contributed by atoms with Gasteiger partial charge in [-0.2, -0.15) is 0 Å². The van der Waals surface area contributed by atoms with Gasteiger partial charge < -0.3 is 9.88 Å². The van der Waals surface area contributed by atoms with Crippen molar-refractivity contribution in [3.05, 3.63) is 83.4 Å². The van der Waals surface area contributed by atoms with Gasteiger partial charge >= 0.3 is 0 Å². The van der Waals surface area contributed by atoms with Crippen LogP contribution in [0.5, 0.6) is 0 Å². The van der Waals surface area contributed by atoms with Crippen LogP contribution in [-0.2, 0) is 13.0 Å². The highest BCUT2D eigenvalue weighted by atomic mass is 32.1. The highest BCUT2D eigenvalue weighted by Gasteiger charge is 2.18. The molecule has 1 amide bonds. The number of nitrogens with zero attached hydrogens (tertiary/aromatic N) is 3. The first-order chi connectivity index (χ1) is 13.2. The fourth-order valence-electron chi connectivity index (χ4n) is 3.14. The number of carbonyl (C=O) groups is 1. The number of amides is 1. The van der Waals surface area contributed by atoms with Crippen molar-refractivity contribution in [2.45, 2.75) is 25.9 Å². The number of aromatic nitrogens is 3. The number of hydrogen-bond donors (Lipinski definition) is 1. The zero-order valence-electron chi connectivity index (χ0n) is 15.0. The van der Waals surface area contributed by atoms with Gasteiger partial charge in [0, 0.05) is 18.9 Å². The van der Waals surface area contributed by atoms with Crippen molar-refractivity contribution in [2.24, 2.45) is 0 Å². The maximum atomic E-state index is 12.9. The van der Waals surface area contributed by atoms with Crippen LogP contribution in [0.25, 0.3) is 10.2 Å². The lowest BCUT2D eigenvalue weighted by atomic mass is 10.1. The lowest BCUT2D eigenvalue weighted by Gasteiger charge is -2.19. The highest BCUT2D eigenvalue weighted by Crippen LogP contribution is 2.24. The Labute approximate surface area is 161 Å². The van der Waals surface area contributed by atoms with E-state index in [0.29, 0.717) is 11.6 Å². The normalized spacial score (nSPS) is 12.2. The Morgan fingerprint density at radius 2 is 2.04 bits per heavy atom. The second kappa shape index (κ2) is 7.72. The fraction of sp³-hybridized carbons (Fsp3) is 0.190. The Bertz CT molecular complexity index is 1040. The number of imidazole rings is 1. The minimum Gasteiger partial charge on any atom is -0.345 e. The second-order valence-electron chi connectivity index (χ2n) is 6.56. The van der Waals surface area contributed by atoms with Gasteiger partial charge in [-0.3, -0.25) is 4.79 Å². The van der Waals surface area contributed by atoms with Crippen LogP contribution < -0.4 is 5.32 Å². The molecule has 0 radical (unpaired) electrons. The largest absolute Gasteiger partial charge is 0.345 e. The molecule has 0 fully saturated rings. The average molecular weight is 376 g/mol. The standard InChI is InChI=1S/C21H20N4OS/c1-15-6-5-9-18-19(15)24-21(27-18)20(26)23-17(13-25-11-10-22-14-25)12-16-7-3-2-4-8-16/h2-11,14,17H,12-13H2,1H3,(H,23,26). The predicted octanol–water partition coefficient (Wildman–Crippen LogP) is 3.84. The number of carbonyl (C=O) groups excluding carboxylic acids is 1. The van der Waals surface area contributed by atoms with Crippen LogP contribution in [0, 0.1) is 6.92 Å². The molecule has 1 unspecified atom stereocenters. The first-order valence-electron chi connectivity index (χ1n) is 8.86. The van der Waals surface area contributed by atoms with Crippen LogP contribution in [0.3, 0.4) is 0 Å². The third-order valence-corrected chi connectivity index (χ3v) is 5.48. The van der Waals surface area contributed by atoms with Gasteiger partial charge in [0.15, 0.2) is 5.01 Å². The van der Waals surface area contributed by atoms with E-state index in [9.17, 15) is 4.79 Å². The number of aryl methyl sites for hydroxylation is 1. The maximum Gasteiger partial charge on any atom is 0.280 e. The van der Waals surface area contributed by atoms with Gasteiger partial charge in [0.1, 0.15) is 0 Å². The Morgan fingerprint density at radius 1 is 1.19 bits per heavy atom. The van der Waals surface area contributed by atoms with E-state index in [1.807, 2.05) is 54.1 Å². The van der Waals surface area contributed by atoms with Gasteiger partial charge in [0.25, 0.3) is 5.91 Å². The molecular formula is C21H20N4OS. The summed E-state index contributed by atoms with van der Waals surface area (Å²) in [6.07, 6.45) is 6.17. The molecule has 1 atom stereocenters. The second-order valence-corrected chi connectivity index (χ2v) is 7.59. The van der Waals surface area contributed by atoms with E-state index >= 15 is 0 Å². The molecule has 5 nitrogen and oxygen atoms in total. The van der Waals surface area contributed by atoms with Gasteiger partial charge in [-0.25, -0.2) is 9.97 Å². The quantitative estimate of drug-likeness (QED) is 0.556. The Morgan fingerprint density at radius 3 is 2.78 bits per heavy atom. The fourth-order valence-corrected chi connectivity index (χ4v) is 4.09. The van der Waals surface area contributed by atoms with Crippen molar-refractivity contribution >= 4 is 27.5 Å². The van der Waals surface area contributed by atoms with Crippen LogP contribution in [0.15, 0.2) is 67.3 Å². The van der Waals surface area contributed by atoms with Gasteiger partial charge in [-0.15, -0.1) is 11.3 Å². The van der Waals surface area contributed by atoms with Crippen molar-refractivity contribution in [3.63, 3.8) is 0 Å². The molecule has 0 saturated carbocycles. The van der Waals surface area contributed by atoms with Crippen molar-refractivity contribution in [2.75, 3.05) is 0 Å². The van der Waals surface area contributed by atoms with Crippen LogP contribution in [0.4, 0.5) is 0 Å². The number of hydrogen-bond acceptors (Lipinski definition) is 4. The molecule has 2 aromatic heterocycles. The average Bonchev–Trinajstić information content (AvgIpc) is 3.33. The third-order valence-electron chi connectivity index (χ3n) is 4.47. The van der Waals surface area contributed by atoms with Crippen LogP contribution in [0.2, 0.25) is 0 Å². The monoisotopic (exact) mass is 376 g/mol. The molecule has 0 saturated heterocycles. The van der Waals surface area contributed by atoms with Crippen molar-refractivity contribution < 1.29 is 4.79 Å². The number of benzene rings is 2. The number of thiazole rings is 1. The molecule has 136 valence electrons. The summed E-state index contributed by atoms with van der Waals surface area (Å²) >= 11 is 1.43. The molecule has 4 aromatic rings. The minimum absolute atomic E-state index is 0.0535. The zero-order valence-corrected chi connectivity index (χ0v) is 15.8. The van der Waals surface area contributed by atoms with E-state index in [0.717, 1.165) is 22.2 Å². The molecule has 0 aliphatic heterocycles. The first-order valence-corrected chi connectivity index (χ1v) is 9.67. The molecule has 0 bridgehead atoms. The molecular weight excluding hydrogens is 356 g/mol. The highest BCUT2D eigenvalue weighted by molar-refractivity contribution is 7.20. The predicted molar refractivity (Wildman–Crippen MR) is 108 cm³/mol. The van der Waals surface area contributed by atoms with E-state index in [1.165, 1.54) is 16.9 Å².